The zero-order valence-corrected chi connectivity index (χ0v) is 8.75. The largest absolute Gasteiger partial charge is 0.0992 e. The standard InChI is InChI=1S/C10H13I/c1-7-6-10-8(4-5-11)2-3-9(7)10/h2-3,8-10H,1,4-6H2. The number of rotatable bonds is 2. The Bertz CT molecular complexity index is 205. The highest BCUT2D eigenvalue weighted by molar-refractivity contribution is 14.1. The average molecular weight is 260 g/mol. The van der Waals surface area contributed by atoms with Crippen LogP contribution in [0.5, 0.6) is 0 Å². The predicted octanol–water partition coefficient (Wildman–Crippen LogP) is 3.19. The minimum absolute atomic E-state index is 0.767. The monoisotopic (exact) mass is 260 g/mol. The van der Waals surface area contributed by atoms with E-state index in [9.17, 15) is 0 Å². The molecule has 0 nitrogen and oxygen atoms in total. The van der Waals surface area contributed by atoms with Crippen LogP contribution >= 0.6 is 22.6 Å². The van der Waals surface area contributed by atoms with Gasteiger partial charge in [0.25, 0.3) is 0 Å². The van der Waals surface area contributed by atoms with E-state index in [0.29, 0.717) is 0 Å². The first kappa shape index (κ1) is 7.84. The lowest BCUT2D eigenvalue weighted by atomic mass is 9.68. The van der Waals surface area contributed by atoms with Crippen molar-refractivity contribution in [3.8, 4) is 0 Å². The van der Waals surface area contributed by atoms with E-state index in [1.807, 2.05) is 0 Å². The van der Waals surface area contributed by atoms with E-state index in [4.69, 9.17) is 0 Å². The van der Waals surface area contributed by atoms with Crippen molar-refractivity contribution >= 4 is 22.6 Å². The number of fused-ring (bicyclic) bond motifs is 1. The second-order valence-electron chi connectivity index (χ2n) is 3.58. The molecule has 0 N–H and O–H groups in total. The van der Waals surface area contributed by atoms with Gasteiger partial charge in [-0.1, -0.05) is 46.9 Å². The second-order valence-corrected chi connectivity index (χ2v) is 4.66. The van der Waals surface area contributed by atoms with E-state index in [1.165, 1.54) is 22.8 Å². The first-order chi connectivity index (χ1) is 5.33. The van der Waals surface area contributed by atoms with Gasteiger partial charge in [0.05, 0.1) is 0 Å². The highest BCUT2D eigenvalue weighted by Crippen LogP contribution is 2.50. The van der Waals surface area contributed by atoms with Crippen LogP contribution in [0.2, 0.25) is 0 Å². The third-order valence-corrected chi connectivity index (χ3v) is 3.61. The molecule has 0 aromatic carbocycles. The molecule has 1 heteroatoms. The van der Waals surface area contributed by atoms with Crippen molar-refractivity contribution in [2.24, 2.45) is 17.8 Å². The topological polar surface area (TPSA) is 0 Å². The van der Waals surface area contributed by atoms with Crippen LogP contribution in [-0.4, -0.2) is 4.43 Å². The van der Waals surface area contributed by atoms with Crippen LogP contribution in [-0.2, 0) is 0 Å². The lowest BCUT2D eigenvalue weighted by Gasteiger charge is -2.36. The highest BCUT2D eigenvalue weighted by Gasteiger charge is 2.40. The molecule has 1 saturated carbocycles. The Morgan fingerprint density at radius 1 is 1.55 bits per heavy atom. The molecule has 0 amide bonds. The van der Waals surface area contributed by atoms with Crippen molar-refractivity contribution < 1.29 is 0 Å². The van der Waals surface area contributed by atoms with E-state index < -0.39 is 0 Å². The van der Waals surface area contributed by atoms with Gasteiger partial charge >= 0.3 is 0 Å². The normalized spacial score (nSPS) is 40.5. The fourth-order valence-electron chi connectivity index (χ4n) is 2.25. The van der Waals surface area contributed by atoms with Gasteiger partial charge in [-0.2, -0.15) is 0 Å². The molecule has 3 unspecified atom stereocenters. The van der Waals surface area contributed by atoms with Crippen LogP contribution < -0.4 is 0 Å². The molecule has 11 heavy (non-hydrogen) atoms. The minimum atomic E-state index is 0.767. The zero-order chi connectivity index (χ0) is 7.84. The van der Waals surface area contributed by atoms with E-state index in [1.54, 1.807) is 0 Å². The van der Waals surface area contributed by atoms with Crippen molar-refractivity contribution in [3.05, 3.63) is 24.3 Å². The molecule has 0 bridgehead atoms. The number of allylic oxidation sites excluding steroid dienone is 3. The molecule has 0 saturated heterocycles. The number of hydrogen-bond acceptors (Lipinski definition) is 0. The van der Waals surface area contributed by atoms with Crippen LogP contribution in [0.1, 0.15) is 12.8 Å². The predicted molar refractivity (Wildman–Crippen MR) is 56.9 cm³/mol. The first-order valence-electron chi connectivity index (χ1n) is 4.25. The molecular weight excluding hydrogens is 247 g/mol. The maximum Gasteiger partial charge on any atom is 0.00112 e. The Balaban J connectivity index is 1.99. The summed E-state index contributed by atoms with van der Waals surface area (Å²) in [5.74, 6) is 2.59. The highest BCUT2D eigenvalue weighted by atomic mass is 127. The van der Waals surface area contributed by atoms with Crippen molar-refractivity contribution in [3.63, 3.8) is 0 Å². The Labute approximate surface area is 81.9 Å². The van der Waals surface area contributed by atoms with Gasteiger partial charge in [0.1, 0.15) is 0 Å². The summed E-state index contributed by atoms with van der Waals surface area (Å²) in [4.78, 5) is 0. The summed E-state index contributed by atoms with van der Waals surface area (Å²) in [6, 6.07) is 0. The molecule has 60 valence electrons. The Hall–Kier alpha value is 0.210. The van der Waals surface area contributed by atoms with Crippen molar-refractivity contribution in [1.29, 1.82) is 0 Å². The second kappa shape index (κ2) is 2.92. The molecule has 0 heterocycles. The molecule has 0 radical (unpaired) electrons. The van der Waals surface area contributed by atoms with Gasteiger partial charge in [0.15, 0.2) is 0 Å². The molecule has 2 rings (SSSR count). The third kappa shape index (κ3) is 1.17. The number of halogens is 1. The third-order valence-electron chi connectivity index (χ3n) is 2.99. The fourth-order valence-corrected chi connectivity index (χ4v) is 2.97. The van der Waals surface area contributed by atoms with Crippen LogP contribution in [0.15, 0.2) is 24.3 Å². The summed E-state index contributed by atoms with van der Waals surface area (Å²) in [6.45, 7) is 4.04. The summed E-state index contributed by atoms with van der Waals surface area (Å²) >= 11 is 2.47. The molecule has 2 aliphatic carbocycles. The summed E-state index contributed by atoms with van der Waals surface area (Å²) in [5, 5.41) is 0. The van der Waals surface area contributed by atoms with Crippen molar-refractivity contribution in [2.75, 3.05) is 4.43 Å². The molecule has 3 atom stereocenters. The van der Waals surface area contributed by atoms with Gasteiger partial charge in [-0.15, -0.1) is 0 Å². The van der Waals surface area contributed by atoms with Gasteiger partial charge in [0, 0.05) is 10.3 Å². The molecule has 0 spiro atoms. The Morgan fingerprint density at radius 3 is 2.91 bits per heavy atom. The van der Waals surface area contributed by atoms with Crippen LogP contribution in [0.3, 0.4) is 0 Å². The smallest absolute Gasteiger partial charge is 0.00112 e. The summed E-state index contributed by atoms with van der Waals surface area (Å²) in [6.07, 6.45) is 7.43. The van der Waals surface area contributed by atoms with Gasteiger partial charge < -0.3 is 0 Å². The quantitative estimate of drug-likeness (QED) is 0.406. The summed E-state index contributed by atoms with van der Waals surface area (Å²) in [5.41, 5.74) is 1.46. The van der Waals surface area contributed by atoms with E-state index in [2.05, 4.69) is 41.3 Å². The van der Waals surface area contributed by atoms with E-state index >= 15 is 0 Å². The van der Waals surface area contributed by atoms with E-state index in [0.717, 1.165) is 17.8 Å². The molecular formula is C10H13I. The van der Waals surface area contributed by atoms with Crippen LogP contribution in [0, 0.1) is 17.8 Å². The van der Waals surface area contributed by atoms with Crippen molar-refractivity contribution in [2.45, 2.75) is 12.8 Å². The van der Waals surface area contributed by atoms with Gasteiger partial charge in [-0.25, -0.2) is 0 Å². The number of hydrogen-bond donors (Lipinski definition) is 0. The molecule has 0 aromatic rings. The van der Waals surface area contributed by atoms with Gasteiger partial charge in [-0.05, 0) is 24.7 Å². The lowest BCUT2D eigenvalue weighted by Crippen LogP contribution is -2.28. The Kier molecular flexibility index (Phi) is 2.08. The SMILES string of the molecule is C=C1CC2C(CCI)C=CC12. The maximum absolute atomic E-state index is 4.04. The number of alkyl halides is 1. The summed E-state index contributed by atoms with van der Waals surface area (Å²) < 4.78 is 1.29. The maximum atomic E-state index is 4.04. The van der Waals surface area contributed by atoms with Crippen LogP contribution in [0.25, 0.3) is 0 Å². The van der Waals surface area contributed by atoms with Crippen molar-refractivity contribution in [1.82, 2.24) is 0 Å². The molecule has 2 aliphatic rings. The zero-order valence-electron chi connectivity index (χ0n) is 6.59. The average Bonchev–Trinajstić information content (AvgIpc) is 2.28. The first-order valence-corrected chi connectivity index (χ1v) is 5.77. The summed E-state index contributed by atoms with van der Waals surface area (Å²) in [7, 11) is 0. The molecule has 0 aromatic heterocycles. The van der Waals surface area contributed by atoms with Gasteiger partial charge in [-0.3, -0.25) is 0 Å². The minimum Gasteiger partial charge on any atom is -0.0992 e. The lowest BCUT2D eigenvalue weighted by molar-refractivity contribution is 0.275. The fraction of sp³-hybridized carbons (Fsp3) is 0.600. The van der Waals surface area contributed by atoms with Crippen LogP contribution in [0.4, 0.5) is 0 Å². The molecule has 1 fully saturated rings. The van der Waals surface area contributed by atoms with E-state index in [-0.39, 0.29) is 0 Å². The molecule has 0 aliphatic heterocycles. The van der Waals surface area contributed by atoms with Gasteiger partial charge in [0.2, 0.25) is 0 Å². The Morgan fingerprint density at radius 2 is 2.36 bits per heavy atom.